The number of anilines is 1. The second kappa shape index (κ2) is 14.1. The molecule has 1 aromatic carbocycles. The Hall–Kier alpha value is -3.12. The van der Waals surface area contributed by atoms with E-state index in [4.69, 9.17) is 19.2 Å². The largest absolute Gasteiger partial charge is 0.389 e. The van der Waals surface area contributed by atoms with E-state index < -0.39 is 5.60 Å². The normalized spacial score (nSPS) is 11.8. The molecule has 0 radical (unpaired) electrons. The molecule has 11 heteroatoms. The Kier molecular flexibility index (Phi) is 11.0. The zero-order chi connectivity index (χ0) is 27.5. The first kappa shape index (κ1) is 29.4. The lowest BCUT2D eigenvalue weighted by atomic mass is 10.1. The Labute approximate surface area is 222 Å². The summed E-state index contributed by atoms with van der Waals surface area (Å²) >= 11 is 0. The molecule has 3 N–H and O–H groups in total. The van der Waals surface area contributed by atoms with Gasteiger partial charge in [0.15, 0.2) is 5.82 Å². The maximum absolute atomic E-state index is 12.8. The van der Waals surface area contributed by atoms with E-state index in [1.807, 2.05) is 42.7 Å². The van der Waals surface area contributed by atoms with E-state index in [1.165, 1.54) is 0 Å². The fraction of sp³-hybridized carbons (Fsp3) is 0.556. The molecule has 11 nitrogen and oxygen atoms in total. The molecule has 2 aromatic heterocycles. The van der Waals surface area contributed by atoms with E-state index in [9.17, 15) is 14.7 Å². The molecular weight excluding hydrogens is 490 g/mol. The number of imidazole rings is 1. The summed E-state index contributed by atoms with van der Waals surface area (Å²) in [7, 11) is 0. The molecular formula is C27H39N5O6. The zero-order valence-corrected chi connectivity index (χ0v) is 22.7. The van der Waals surface area contributed by atoms with Crippen LogP contribution in [0.25, 0.3) is 21.9 Å². The predicted molar refractivity (Wildman–Crippen MR) is 145 cm³/mol. The summed E-state index contributed by atoms with van der Waals surface area (Å²) in [5.74, 6) is 0.354. The van der Waals surface area contributed by atoms with Crippen LogP contribution in [0, 0.1) is 0 Å². The van der Waals surface area contributed by atoms with Gasteiger partial charge in [-0.2, -0.15) is 0 Å². The van der Waals surface area contributed by atoms with Crippen LogP contribution in [-0.2, 0) is 37.0 Å². The number of nitrogens with zero attached hydrogens (tertiary/aromatic N) is 3. The van der Waals surface area contributed by atoms with Crippen molar-refractivity contribution in [1.29, 1.82) is 0 Å². The van der Waals surface area contributed by atoms with E-state index in [-0.39, 0.29) is 44.5 Å². The summed E-state index contributed by atoms with van der Waals surface area (Å²) in [4.78, 5) is 34.2. The molecule has 0 saturated heterocycles. The monoisotopic (exact) mass is 529 g/mol. The lowest BCUT2D eigenvalue weighted by Gasteiger charge is -2.20. The highest BCUT2D eigenvalue weighted by Gasteiger charge is 2.23. The second-order valence-corrected chi connectivity index (χ2v) is 9.49. The minimum Gasteiger partial charge on any atom is -0.389 e. The van der Waals surface area contributed by atoms with Crippen LogP contribution in [0.4, 0.5) is 5.82 Å². The third kappa shape index (κ3) is 8.45. The highest BCUT2D eigenvalue weighted by molar-refractivity contribution is 6.09. The maximum atomic E-state index is 12.8. The SMILES string of the molecule is CCOCCCOCC(=O)NCCC(=O)Nc1nc2ccccc2c2c1nc(COCC)n2CC(C)(C)O. The molecule has 0 aliphatic heterocycles. The summed E-state index contributed by atoms with van der Waals surface area (Å²) in [6.45, 7) is 10.1. The average Bonchev–Trinajstić information content (AvgIpc) is 3.22. The number of pyridine rings is 1. The van der Waals surface area contributed by atoms with E-state index >= 15 is 0 Å². The first-order valence-corrected chi connectivity index (χ1v) is 13.0. The number of hydrogen-bond donors (Lipinski definition) is 3. The summed E-state index contributed by atoms with van der Waals surface area (Å²) in [5.41, 5.74) is 0.955. The van der Waals surface area contributed by atoms with Gasteiger partial charge in [0.25, 0.3) is 0 Å². The number of aromatic nitrogens is 3. The molecule has 38 heavy (non-hydrogen) atoms. The van der Waals surface area contributed by atoms with Gasteiger partial charge in [0, 0.05) is 44.8 Å². The minimum atomic E-state index is -1.01. The number of aliphatic hydroxyl groups is 1. The first-order valence-electron chi connectivity index (χ1n) is 13.0. The van der Waals surface area contributed by atoms with Crippen LogP contribution in [0.2, 0.25) is 0 Å². The van der Waals surface area contributed by atoms with Crippen molar-refractivity contribution in [3.05, 3.63) is 30.1 Å². The van der Waals surface area contributed by atoms with Crippen LogP contribution in [0.15, 0.2) is 24.3 Å². The average molecular weight is 530 g/mol. The second-order valence-electron chi connectivity index (χ2n) is 9.49. The summed E-state index contributed by atoms with van der Waals surface area (Å²) in [6.07, 6.45) is 0.775. The molecule has 0 aliphatic rings. The quantitative estimate of drug-likeness (QED) is 0.241. The number of para-hydroxylation sites is 1. The number of benzene rings is 1. The van der Waals surface area contributed by atoms with Crippen molar-refractivity contribution < 1.29 is 28.9 Å². The smallest absolute Gasteiger partial charge is 0.246 e. The van der Waals surface area contributed by atoms with Crippen molar-refractivity contribution in [1.82, 2.24) is 19.9 Å². The van der Waals surface area contributed by atoms with E-state index in [0.29, 0.717) is 55.5 Å². The van der Waals surface area contributed by atoms with Gasteiger partial charge in [-0.1, -0.05) is 18.2 Å². The summed E-state index contributed by atoms with van der Waals surface area (Å²) in [6, 6.07) is 7.59. The Morgan fingerprint density at radius 3 is 2.50 bits per heavy atom. The van der Waals surface area contributed by atoms with Crippen LogP contribution < -0.4 is 10.6 Å². The maximum Gasteiger partial charge on any atom is 0.246 e. The number of ether oxygens (including phenoxy) is 3. The molecule has 208 valence electrons. The lowest BCUT2D eigenvalue weighted by molar-refractivity contribution is -0.125. The molecule has 0 atom stereocenters. The van der Waals surface area contributed by atoms with Crippen LogP contribution in [0.5, 0.6) is 0 Å². The molecule has 0 saturated carbocycles. The molecule has 3 rings (SSSR count). The molecule has 2 amide bonds. The molecule has 0 unspecified atom stereocenters. The van der Waals surface area contributed by atoms with Crippen molar-refractivity contribution in [2.24, 2.45) is 0 Å². The Bertz CT molecular complexity index is 1220. The number of nitrogens with one attached hydrogen (secondary N) is 2. The Balaban J connectivity index is 1.73. The van der Waals surface area contributed by atoms with Crippen molar-refractivity contribution in [2.75, 3.05) is 44.9 Å². The van der Waals surface area contributed by atoms with Crippen molar-refractivity contribution in [3.63, 3.8) is 0 Å². The van der Waals surface area contributed by atoms with Crippen molar-refractivity contribution in [3.8, 4) is 0 Å². The number of amides is 2. The summed E-state index contributed by atoms with van der Waals surface area (Å²) in [5, 5.41) is 17.0. The number of carbonyl (C=O) groups is 2. The molecule has 0 spiro atoms. The predicted octanol–water partition coefficient (Wildman–Crippen LogP) is 2.78. The van der Waals surface area contributed by atoms with E-state index in [1.54, 1.807) is 13.8 Å². The van der Waals surface area contributed by atoms with Gasteiger partial charge in [-0.05, 0) is 40.2 Å². The number of hydrogen-bond acceptors (Lipinski definition) is 8. The molecule has 0 fully saturated rings. The summed E-state index contributed by atoms with van der Waals surface area (Å²) < 4.78 is 18.1. The molecule has 0 bridgehead atoms. The van der Waals surface area contributed by atoms with Crippen LogP contribution in [0.1, 0.15) is 46.4 Å². The highest BCUT2D eigenvalue weighted by Crippen LogP contribution is 2.31. The van der Waals surface area contributed by atoms with Crippen molar-refractivity contribution >= 4 is 39.6 Å². The van der Waals surface area contributed by atoms with Crippen LogP contribution >= 0.6 is 0 Å². The number of fused-ring (bicyclic) bond motifs is 3. The fourth-order valence-corrected chi connectivity index (χ4v) is 3.96. The van der Waals surface area contributed by atoms with Gasteiger partial charge in [-0.15, -0.1) is 0 Å². The van der Waals surface area contributed by atoms with Gasteiger partial charge in [-0.25, -0.2) is 9.97 Å². The van der Waals surface area contributed by atoms with Gasteiger partial charge in [0.1, 0.15) is 24.6 Å². The van der Waals surface area contributed by atoms with Gasteiger partial charge >= 0.3 is 0 Å². The minimum absolute atomic E-state index is 0.0578. The van der Waals surface area contributed by atoms with Crippen LogP contribution in [0.3, 0.4) is 0 Å². The van der Waals surface area contributed by atoms with E-state index in [2.05, 4.69) is 15.6 Å². The van der Waals surface area contributed by atoms with Gasteiger partial charge in [-0.3, -0.25) is 9.59 Å². The third-order valence-electron chi connectivity index (χ3n) is 5.59. The Morgan fingerprint density at radius 2 is 1.76 bits per heavy atom. The zero-order valence-electron chi connectivity index (χ0n) is 22.7. The lowest BCUT2D eigenvalue weighted by Crippen LogP contribution is -2.31. The van der Waals surface area contributed by atoms with Gasteiger partial charge in [0.05, 0.1) is 23.2 Å². The third-order valence-corrected chi connectivity index (χ3v) is 5.59. The molecule has 2 heterocycles. The van der Waals surface area contributed by atoms with Gasteiger partial charge in [0.2, 0.25) is 11.8 Å². The van der Waals surface area contributed by atoms with E-state index in [0.717, 1.165) is 10.9 Å². The fourth-order valence-electron chi connectivity index (χ4n) is 3.96. The van der Waals surface area contributed by atoms with Crippen molar-refractivity contribution in [2.45, 2.75) is 59.3 Å². The topological polar surface area (TPSA) is 137 Å². The number of carbonyl (C=O) groups excluding carboxylic acids is 2. The number of rotatable bonds is 16. The Morgan fingerprint density at radius 1 is 1.03 bits per heavy atom. The van der Waals surface area contributed by atoms with Gasteiger partial charge < -0.3 is 34.5 Å². The first-order chi connectivity index (χ1) is 18.2. The highest BCUT2D eigenvalue weighted by atomic mass is 16.5. The standard InChI is InChI=1S/C27H39N5O6/c1-5-36-14-9-15-38-17-23(34)28-13-12-22(33)31-26-24-25(19-10-7-8-11-20(19)29-26)32(18-27(3,4)35)21(30-24)16-37-6-2/h7-8,10-11,35H,5-6,9,12-18H2,1-4H3,(H,28,34)(H,29,31,33). The van der Waals surface area contributed by atoms with Crippen LogP contribution in [-0.4, -0.2) is 76.6 Å². The molecule has 3 aromatic rings. The molecule has 0 aliphatic carbocycles.